The normalized spacial score (nSPS) is 44.4. The number of fused-ring (bicyclic) bond motifs is 7. The molecule has 0 aromatic rings. The molecule has 5 unspecified atom stereocenters. The molecule has 6 heteroatoms. The van der Waals surface area contributed by atoms with Crippen molar-refractivity contribution in [3.8, 4) is 0 Å². The van der Waals surface area contributed by atoms with Gasteiger partial charge in [-0.15, -0.1) is 0 Å². The van der Waals surface area contributed by atoms with Crippen LogP contribution >= 0.6 is 0 Å². The number of rotatable bonds is 8. The third kappa shape index (κ3) is 5.07. The van der Waals surface area contributed by atoms with Gasteiger partial charge >= 0.3 is 11.9 Å². The summed E-state index contributed by atoms with van der Waals surface area (Å²) in [5, 5.41) is 9.28. The Labute approximate surface area is 266 Å². The number of aliphatic carboxylic acids is 1. The van der Waals surface area contributed by atoms with E-state index in [9.17, 15) is 19.5 Å². The number of hydrogen-bond donors (Lipinski definition) is 2. The van der Waals surface area contributed by atoms with Crippen LogP contribution in [0.1, 0.15) is 139 Å². The Morgan fingerprint density at radius 2 is 1.55 bits per heavy atom. The lowest BCUT2D eigenvalue weighted by atomic mass is 9.32. The van der Waals surface area contributed by atoms with E-state index < -0.39 is 11.4 Å². The van der Waals surface area contributed by atoms with Crippen LogP contribution in [0.4, 0.5) is 0 Å². The van der Waals surface area contributed by atoms with Crippen LogP contribution in [-0.4, -0.2) is 29.1 Å². The zero-order valence-electron chi connectivity index (χ0n) is 29.0. The van der Waals surface area contributed by atoms with Gasteiger partial charge in [-0.3, -0.25) is 14.4 Å². The first-order valence-corrected chi connectivity index (χ1v) is 17.6. The maximum atomic E-state index is 13.1. The van der Waals surface area contributed by atoms with Crippen LogP contribution in [0.25, 0.3) is 0 Å². The number of esters is 1. The van der Waals surface area contributed by atoms with Crippen molar-refractivity contribution in [1.82, 2.24) is 0 Å². The average Bonchev–Trinajstić information content (AvgIpc) is 3.24. The number of primary amides is 1. The Morgan fingerprint density at radius 3 is 2.16 bits per heavy atom. The van der Waals surface area contributed by atoms with E-state index in [4.69, 9.17) is 10.5 Å². The maximum absolute atomic E-state index is 13.1. The summed E-state index contributed by atoms with van der Waals surface area (Å²) in [4.78, 5) is 36.9. The number of carbonyl (C=O) groups excluding carboxylic acids is 2. The molecule has 3 N–H and O–H groups in total. The van der Waals surface area contributed by atoms with Crippen LogP contribution in [0.3, 0.4) is 0 Å². The minimum Gasteiger partial charge on any atom is -0.481 e. The number of carboxylic acid groups (broad SMARTS) is 1. The molecule has 10 atom stereocenters. The van der Waals surface area contributed by atoms with Gasteiger partial charge in [-0.25, -0.2) is 0 Å². The van der Waals surface area contributed by atoms with E-state index in [2.05, 4.69) is 48.1 Å². The lowest BCUT2D eigenvalue weighted by molar-refractivity contribution is -0.250. The summed E-state index contributed by atoms with van der Waals surface area (Å²) < 4.78 is 6.23. The third-order valence-corrected chi connectivity index (χ3v) is 15.2. The number of hydrogen-bond acceptors (Lipinski definition) is 4. The predicted octanol–water partition coefficient (Wildman–Crippen LogP) is 8.32. The maximum Gasteiger partial charge on any atom is 0.306 e. The van der Waals surface area contributed by atoms with E-state index in [-0.39, 0.29) is 57.9 Å². The molecule has 0 aliphatic heterocycles. The number of amides is 1. The van der Waals surface area contributed by atoms with E-state index in [0.29, 0.717) is 36.0 Å². The van der Waals surface area contributed by atoms with E-state index in [0.717, 1.165) is 38.5 Å². The third-order valence-electron chi connectivity index (χ3n) is 15.2. The molecule has 6 nitrogen and oxygen atoms in total. The lowest BCUT2D eigenvalue weighted by Crippen LogP contribution is -2.67. The summed E-state index contributed by atoms with van der Waals surface area (Å²) in [5.41, 5.74) is 7.04. The molecule has 0 saturated heterocycles. The molecule has 1 amide bonds. The van der Waals surface area contributed by atoms with Gasteiger partial charge in [0.2, 0.25) is 5.91 Å². The highest BCUT2D eigenvalue weighted by Gasteiger charge is 2.71. The van der Waals surface area contributed by atoms with E-state index in [1.165, 1.54) is 31.3 Å². The number of carboxylic acids is 1. The van der Waals surface area contributed by atoms with E-state index >= 15 is 0 Å². The Balaban J connectivity index is 1.40. The standard InChI is InChI=1S/C38H61NO5/c1-23(2)24-12-17-38(20-29(39)40)19-18-36(8)25(32(24)38)10-11-27-35(7)15-14-28(34(5,6)26(35)13-16-37(27,36)9)44-31(43)22-33(3,4)21-30(41)42/h24-28,32H,1,10-22H2,2-9H3,(H2,39,40)(H,41,42)/t24?,25-,26?,27?,28?,32?,35+,36-,37-,38-/m1/s1. The zero-order valence-corrected chi connectivity index (χ0v) is 29.0. The Bertz CT molecular complexity index is 1210. The van der Waals surface area contributed by atoms with Crippen molar-refractivity contribution >= 4 is 17.8 Å². The fraction of sp³-hybridized carbons (Fsp3) is 0.868. The molecule has 5 aliphatic carbocycles. The SMILES string of the molecule is C=C(C)C1CC[C@]2(CC(N)=O)CC[C@]3(C)[C@H](CCC4[C@@]5(C)CCC(OC(=O)CC(C)(C)CC(=O)O)C(C)(C)C5CC[C@]43C)C12. The topological polar surface area (TPSA) is 107 Å². The number of ether oxygens (including phenoxy) is 1. The van der Waals surface area contributed by atoms with Crippen LogP contribution < -0.4 is 5.73 Å². The summed E-state index contributed by atoms with van der Waals surface area (Å²) in [7, 11) is 0. The predicted molar refractivity (Wildman–Crippen MR) is 173 cm³/mol. The first-order valence-electron chi connectivity index (χ1n) is 17.6. The number of allylic oxidation sites excluding steroid dienone is 1. The smallest absolute Gasteiger partial charge is 0.306 e. The molecule has 5 saturated carbocycles. The van der Waals surface area contributed by atoms with Crippen molar-refractivity contribution in [2.45, 2.75) is 145 Å². The summed E-state index contributed by atoms with van der Waals surface area (Å²) in [6.45, 7) is 22.8. The first kappa shape index (κ1) is 33.5. The zero-order chi connectivity index (χ0) is 32.7. The van der Waals surface area contributed by atoms with Gasteiger partial charge in [0.05, 0.1) is 12.8 Å². The Morgan fingerprint density at radius 1 is 0.864 bits per heavy atom. The number of carbonyl (C=O) groups is 3. The fourth-order valence-corrected chi connectivity index (χ4v) is 13.2. The molecular formula is C38H61NO5. The van der Waals surface area contributed by atoms with Gasteiger partial charge in [0.25, 0.3) is 0 Å². The second-order valence-electron chi connectivity index (χ2n) is 18.4. The summed E-state index contributed by atoms with van der Waals surface area (Å²) in [5.74, 6) is 1.33. The monoisotopic (exact) mass is 611 g/mol. The Kier molecular flexibility index (Phi) is 8.27. The van der Waals surface area contributed by atoms with Crippen LogP contribution in [0.2, 0.25) is 0 Å². The molecule has 44 heavy (non-hydrogen) atoms. The van der Waals surface area contributed by atoms with Crippen LogP contribution in [0.15, 0.2) is 12.2 Å². The fourth-order valence-electron chi connectivity index (χ4n) is 13.2. The minimum absolute atomic E-state index is 0.0346. The molecule has 0 bridgehead atoms. The molecule has 0 radical (unpaired) electrons. The molecule has 0 aromatic heterocycles. The van der Waals surface area contributed by atoms with Crippen molar-refractivity contribution in [2.24, 2.45) is 67.8 Å². The van der Waals surface area contributed by atoms with E-state index in [1.54, 1.807) is 0 Å². The van der Waals surface area contributed by atoms with Gasteiger partial charge in [0.1, 0.15) is 6.10 Å². The highest BCUT2D eigenvalue weighted by Crippen LogP contribution is 2.78. The largest absolute Gasteiger partial charge is 0.481 e. The molecule has 0 heterocycles. The van der Waals surface area contributed by atoms with Crippen molar-refractivity contribution in [1.29, 1.82) is 0 Å². The van der Waals surface area contributed by atoms with Gasteiger partial charge in [-0.2, -0.15) is 0 Å². The van der Waals surface area contributed by atoms with E-state index in [1.807, 2.05) is 13.8 Å². The summed E-state index contributed by atoms with van der Waals surface area (Å²) >= 11 is 0. The van der Waals surface area contributed by atoms with Gasteiger partial charge in [-0.05, 0) is 128 Å². The van der Waals surface area contributed by atoms with Crippen molar-refractivity contribution in [3.05, 3.63) is 12.2 Å². The van der Waals surface area contributed by atoms with Crippen LogP contribution in [-0.2, 0) is 19.1 Å². The van der Waals surface area contributed by atoms with Crippen LogP contribution in [0.5, 0.6) is 0 Å². The lowest BCUT2D eigenvalue weighted by Gasteiger charge is -2.73. The number of nitrogens with two attached hydrogens (primary N) is 1. The Hall–Kier alpha value is -1.85. The molecule has 5 fully saturated rings. The molecule has 0 spiro atoms. The summed E-state index contributed by atoms with van der Waals surface area (Å²) in [6, 6.07) is 0. The molecule has 248 valence electrons. The highest BCUT2D eigenvalue weighted by atomic mass is 16.5. The van der Waals surface area contributed by atoms with Crippen LogP contribution in [0, 0.1) is 62.1 Å². The van der Waals surface area contributed by atoms with Crippen molar-refractivity contribution < 1.29 is 24.2 Å². The van der Waals surface area contributed by atoms with Gasteiger partial charge in [0.15, 0.2) is 0 Å². The first-order chi connectivity index (χ1) is 20.2. The molecule has 5 rings (SSSR count). The minimum atomic E-state index is -0.884. The van der Waals surface area contributed by atoms with Crippen molar-refractivity contribution in [3.63, 3.8) is 0 Å². The second-order valence-corrected chi connectivity index (χ2v) is 18.4. The molecule has 0 aromatic carbocycles. The van der Waals surface area contributed by atoms with Gasteiger partial charge in [0, 0.05) is 11.8 Å². The van der Waals surface area contributed by atoms with Crippen molar-refractivity contribution in [2.75, 3.05) is 0 Å². The highest BCUT2D eigenvalue weighted by molar-refractivity contribution is 5.75. The second kappa shape index (κ2) is 10.9. The molecular weight excluding hydrogens is 550 g/mol. The molecule has 5 aliphatic rings. The quantitative estimate of drug-likeness (QED) is 0.212. The summed E-state index contributed by atoms with van der Waals surface area (Å²) in [6.07, 6.45) is 11.6. The average molecular weight is 612 g/mol. The van der Waals surface area contributed by atoms with Gasteiger partial charge < -0.3 is 15.6 Å². The van der Waals surface area contributed by atoms with Gasteiger partial charge in [-0.1, -0.05) is 60.6 Å².